The van der Waals surface area contributed by atoms with Gasteiger partial charge in [-0.05, 0) is 55.7 Å². The van der Waals surface area contributed by atoms with Gasteiger partial charge in [0.2, 0.25) is 5.91 Å². The summed E-state index contributed by atoms with van der Waals surface area (Å²) >= 11 is 6.05. The summed E-state index contributed by atoms with van der Waals surface area (Å²) in [6.07, 6.45) is 1.94. The molecular formula is C23H20ClFN2O2. The van der Waals surface area contributed by atoms with Crippen molar-refractivity contribution in [3.8, 4) is 0 Å². The highest BCUT2D eigenvalue weighted by molar-refractivity contribution is 6.30. The molecule has 2 aromatic carbocycles. The molecule has 1 heterocycles. The van der Waals surface area contributed by atoms with Crippen molar-refractivity contribution < 1.29 is 14.0 Å². The predicted octanol–water partition coefficient (Wildman–Crippen LogP) is 5.30. The summed E-state index contributed by atoms with van der Waals surface area (Å²) in [7, 11) is 0. The molecule has 0 spiro atoms. The number of hydrogen-bond donors (Lipinski definition) is 1. The molecule has 4 nitrogen and oxygen atoms in total. The molecule has 1 N–H and O–H groups in total. The van der Waals surface area contributed by atoms with Crippen LogP contribution in [0.5, 0.6) is 0 Å². The lowest BCUT2D eigenvalue weighted by atomic mass is 9.71. The summed E-state index contributed by atoms with van der Waals surface area (Å²) in [6, 6.07) is 13.0. The Morgan fingerprint density at radius 3 is 2.66 bits per heavy atom. The highest BCUT2D eigenvalue weighted by atomic mass is 35.5. The van der Waals surface area contributed by atoms with E-state index in [2.05, 4.69) is 10.3 Å². The molecule has 0 saturated carbocycles. The lowest BCUT2D eigenvalue weighted by Gasteiger charge is -2.35. The van der Waals surface area contributed by atoms with Crippen molar-refractivity contribution in [2.24, 2.45) is 10.9 Å². The van der Waals surface area contributed by atoms with Gasteiger partial charge < -0.3 is 5.32 Å². The first kappa shape index (κ1) is 19.5. The summed E-state index contributed by atoms with van der Waals surface area (Å²) < 4.78 is 13.5. The van der Waals surface area contributed by atoms with Crippen molar-refractivity contribution in [2.45, 2.75) is 32.1 Å². The molecule has 0 fully saturated rings. The highest BCUT2D eigenvalue weighted by Crippen LogP contribution is 2.43. The minimum Gasteiger partial charge on any atom is -0.325 e. The zero-order chi connectivity index (χ0) is 20.5. The maximum Gasteiger partial charge on any atom is 0.234 e. The molecule has 148 valence electrons. The summed E-state index contributed by atoms with van der Waals surface area (Å²) in [6.45, 7) is 1.81. The van der Waals surface area contributed by atoms with Crippen LogP contribution in [-0.4, -0.2) is 17.4 Å². The van der Waals surface area contributed by atoms with Crippen LogP contribution >= 0.6 is 11.6 Å². The Hall–Kier alpha value is -2.79. The Morgan fingerprint density at radius 2 is 1.93 bits per heavy atom. The summed E-state index contributed by atoms with van der Waals surface area (Å²) in [4.78, 5) is 30.7. The van der Waals surface area contributed by atoms with Gasteiger partial charge >= 0.3 is 0 Å². The van der Waals surface area contributed by atoms with E-state index in [4.69, 9.17) is 11.6 Å². The minimum atomic E-state index is -0.666. The fourth-order valence-corrected chi connectivity index (χ4v) is 4.29. The second-order valence-corrected chi connectivity index (χ2v) is 7.83. The van der Waals surface area contributed by atoms with E-state index in [-0.39, 0.29) is 11.7 Å². The van der Waals surface area contributed by atoms with Gasteiger partial charge in [0.15, 0.2) is 5.78 Å². The standard InChI is InChI=1S/C23H20ClFN2O2/c1-13-20(23(29)27-17-5-2-4-16(25)12-17)21(14-8-10-15(24)11-9-14)22-18(26-13)6-3-7-19(22)28/h2,4-5,8-12,20-21H,3,6-7H2,1H3,(H,27,29)/t20?,21-/m1/s1. The minimum absolute atomic E-state index is 0.0333. The van der Waals surface area contributed by atoms with E-state index in [1.54, 1.807) is 18.2 Å². The maximum absolute atomic E-state index is 13.5. The first-order valence-corrected chi connectivity index (χ1v) is 9.95. The second kappa shape index (κ2) is 7.91. The van der Waals surface area contributed by atoms with Gasteiger partial charge in [0.25, 0.3) is 0 Å². The number of allylic oxidation sites excluding steroid dienone is 2. The zero-order valence-corrected chi connectivity index (χ0v) is 16.7. The van der Waals surface area contributed by atoms with Gasteiger partial charge in [-0.3, -0.25) is 14.6 Å². The third-order valence-electron chi connectivity index (χ3n) is 5.44. The average Bonchev–Trinajstić information content (AvgIpc) is 2.67. The molecule has 0 bridgehead atoms. The van der Waals surface area contributed by atoms with Gasteiger partial charge in [-0.2, -0.15) is 0 Å². The van der Waals surface area contributed by atoms with Crippen molar-refractivity contribution in [1.29, 1.82) is 0 Å². The van der Waals surface area contributed by atoms with E-state index in [9.17, 15) is 14.0 Å². The molecule has 2 aliphatic rings. The third-order valence-corrected chi connectivity index (χ3v) is 5.69. The number of anilines is 1. The Balaban J connectivity index is 1.77. The molecule has 2 aromatic rings. The molecule has 1 aliphatic carbocycles. The van der Waals surface area contributed by atoms with Crippen LogP contribution in [0.15, 0.2) is 64.8 Å². The number of nitrogens with one attached hydrogen (secondary N) is 1. The fourth-order valence-electron chi connectivity index (χ4n) is 4.16. The van der Waals surface area contributed by atoms with Crippen LogP contribution in [-0.2, 0) is 9.59 Å². The number of hydrogen-bond acceptors (Lipinski definition) is 3. The number of halogens is 2. The largest absolute Gasteiger partial charge is 0.325 e. The van der Waals surface area contributed by atoms with Gasteiger partial charge in [0.1, 0.15) is 5.82 Å². The van der Waals surface area contributed by atoms with Crippen LogP contribution in [0.2, 0.25) is 5.02 Å². The van der Waals surface area contributed by atoms with E-state index in [0.717, 1.165) is 24.1 Å². The topological polar surface area (TPSA) is 58.5 Å². The molecule has 0 aromatic heterocycles. The SMILES string of the molecule is CC1=NC2=C(C(=O)CCC2)[C@H](c2ccc(Cl)cc2)C1C(=O)Nc1cccc(F)c1. The molecule has 0 saturated heterocycles. The monoisotopic (exact) mass is 410 g/mol. The number of rotatable bonds is 3. The molecule has 1 amide bonds. The molecule has 6 heteroatoms. The Labute approximate surface area is 173 Å². The number of carbonyl (C=O) groups is 2. The highest BCUT2D eigenvalue weighted by Gasteiger charge is 2.42. The lowest BCUT2D eigenvalue weighted by Crippen LogP contribution is -2.39. The van der Waals surface area contributed by atoms with Crippen molar-refractivity contribution in [3.63, 3.8) is 0 Å². The average molecular weight is 411 g/mol. The number of nitrogens with zero attached hydrogens (tertiary/aromatic N) is 1. The van der Waals surface area contributed by atoms with Crippen LogP contribution in [0, 0.1) is 11.7 Å². The Morgan fingerprint density at radius 1 is 1.17 bits per heavy atom. The van der Waals surface area contributed by atoms with Crippen LogP contribution in [0.3, 0.4) is 0 Å². The van der Waals surface area contributed by atoms with E-state index < -0.39 is 17.7 Å². The van der Waals surface area contributed by atoms with Crippen LogP contribution < -0.4 is 5.32 Å². The first-order chi connectivity index (χ1) is 13.9. The summed E-state index contributed by atoms with van der Waals surface area (Å²) in [5.74, 6) is -1.83. The Bertz CT molecular complexity index is 1040. The predicted molar refractivity (Wildman–Crippen MR) is 112 cm³/mol. The quantitative estimate of drug-likeness (QED) is 0.746. The van der Waals surface area contributed by atoms with Crippen LogP contribution in [0.25, 0.3) is 0 Å². The van der Waals surface area contributed by atoms with Gasteiger partial charge in [0.05, 0.1) is 5.92 Å². The van der Waals surface area contributed by atoms with Gasteiger partial charge in [-0.25, -0.2) is 4.39 Å². The van der Waals surface area contributed by atoms with E-state index in [1.807, 2.05) is 19.1 Å². The van der Waals surface area contributed by atoms with Crippen molar-refractivity contribution in [2.75, 3.05) is 5.32 Å². The van der Waals surface area contributed by atoms with Crippen molar-refractivity contribution in [1.82, 2.24) is 0 Å². The molecular weight excluding hydrogens is 391 g/mol. The smallest absolute Gasteiger partial charge is 0.234 e. The molecule has 2 atom stereocenters. The summed E-state index contributed by atoms with van der Waals surface area (Å²) in [5, 5.41) is 3.37. The lowest BCUT2D eigenvalue weighted by molar-refractivity contribution is -0.119. The van der Waals surface area contributed by atoms with Gasteiger partial charge in [-0.15, -0.1) is 0 Å². The van der Waals surface area contributed by atoms with Gasteiger partial charge in [-0.1, -0.05) is 29.8 Å². The fraction of sp³-hybridized carbons (Fsp3) is 0.261. The molecule has 4 rings (SSSR count). The number of ketones is 1. The van der Waals surface area contributed by atoms with E-state index in [1.165, 1.54) is 18.2 Å². The number of carbonyl (C=O) groups excluding carboxylic acids is 2. The number of benzene rings is 2. The number of aliphatic imine (C=N–C) groups is 1. The summed E-state index contributed by atoms with van der Waals surface area (Å²) in [5.41, 5.74) is 3.24. The molecule has 29 heavy (non-hydrogen) atoms. The van der Waals surface area contributed by atoms with E-state index >= 15 is 0 Å². The normalized spacial score (nSPS) is 21.5. The Kier molecular flexibility index (Phi) is 5.33. The third kappa shape index (κ3) is 3.87. The van der Waals surface area contributed by atoms with Crippen LogP contribution in [0.4, 0.5) is 10.1 Å². The zero-order valence-electron chi connectivity index (χ0n) is 15.9. The maximum atomic E-state index is 13.5. The molecule has 1 unspecified atom stereocenters. The van der Waals surface area contributed by atoms with Crippen molar-refractivity contribution >= 4 is 34.7 Å². The van der Waals surface area contributed by atoms with Crippen molar-refractivity contribution in [3.05, 3.63) is 76.2 Å². The van der Waals surface area contributed by atoms with Crippen LogP contribution in [0.1, 0.15) is 37.7 Å². The second-order valence-electron chi connectivity index (χ2n) is 7.40. The molecule has 0 radical (unpaired) electrons. The van der Waals surface area contributed by atoms with E-state index in [0.29, 0.717) is 28.4 Å². The number of amides is 1. The molecule has 1 aliphatic heterocycles. The first-order valence-electron chi connectivity index (χ1n) is 9.57. The number of Topliss-reactive ketones (excluding diaryl/α,β-unsaturated/α-hetero) is 1. The van der Waals surface area contributed by atoms with Gasteiger partial charge in [0, 0.05) is 40.0 Å².